The van der Waals surface area contributed by atoms with Gasteiger partial charge in [-0.3, -0.25) is 66.4 Å². The molecule has 10 heterocycles. The van der Waals surface area contributed by atoms with E-state index in [1.54, 1.807) is 122 Å². The largest absolute Gasteiger partial charge is 0.452 e. The highest BCUT2D eigenvalue weighted by Gasteiger charge is 2.32. The fourth-order valence-corrected chi connectivity index (χ4v) is 15.9. The number of aromatic nitrogens is 12. The first-order chi connectivity index (χ1) is 63.0. The van der Waals surface area contributed by atoms with Crippen molar-refractivity contribution in [1.82, 2.24) is 89.4 Å². The highest BCUT2D eigenvalue weighted by molar-refractivity contribution is 6.03. The second kappa shape index (κ2) is 39.6. The van der Waals surface area contributed by atoms with E-state index in [4.69, 9.17) is 4.74 Å². The van der Waals surface area contributed by atoms with Crippen LogP contribution in [0.2, 0.25) is 0 Å². The van der Waals surface area contributed by atoms with Crippen LogP contribution in [0, 0.1) is 62.2 Å². The summed E-state index contributed by atoms with van der Waals surface area (Å²) < 4.78 is 14.5. The lowest BCUT2D eigenvalue weighted by molar-refractivity contribution is -0.148. The minimum atomic E-state index is -0.748. The quantitative estimate of drug-likeness (QED) is 0.0179. The Labute approximate surface area is 744 Å². The number of Topliss-reactive ketones (excluding diaryl/α,β-unsaturated/α-hetero) is 1. The number of nitrogens with zero attached hydrogens (tertiary/aromatic N) is 12. The number of esters is 1. The number of rotatable bonds is 20. The number of amides is 6. The van der Waals surface area contributed by atoms with Crippen molar-refractivity contribution >= 4 is 96.5 Å². The Balaban J connectivity index is 0.000000150. The van der Waals surface area contributed by atoms with Gasteiger partial charge in [-0.15, -0.1) is 0 Å². The fraction of sp³-hybridized carbons (Fsp3) is 0.210. The molecule has 650 valence electrons. The molecule has 1 saturated heterocycles. The predicted molar refractivity (Wildman–Crippen MR) is 490 cm³/mol. The van der Waals surface area contributed by atoms with Gasteiger partial charge >= 0.3 is 5.97 Å². The van der Waals surface area contributed by atoms with Crippen LogP contribution in [0.1, 0.15) is 166 Å². The van der Waals surface area contributed by atoms with Crippen molar-refractivity contribution in [2.75, 3.05) is 19.6 Å². The lowest BCUT2D eigenvalue weighted by atomic mass is 10.0. The maximum Gasteiger partial charge on any atom is 0.306 e. The van der Waals surface area contributed by atoms with Crippen LogP contribution >= 0.6 is 0 Å². The van der Waals surface area contributed by atoms with E-state index in [1.807, 2.05) is 166 Å². The third-order valence-corrected chi connectivity index (χ3v) is 22.1. The highest BCUT2D eigenvalue weighted by Crippen LogP contribution is 2.30. The molecule has 0 radical (unpaired) electrons. The Morgan fingerprint density at radius 2 is 0.831 bits per heavy atom. The normalized spacial score (nSPS) is 13.9. The van der Waals surface area contributed by atoms with E-state index >= 15 is 0 Å². The van der Waals surface area contributed by atoms with Crippen LogP contribution < -0.4 is 48.6 Å². The van der Waals surface area contributed by atoms with E-state index < -0.39 is 24.2 Å². The lowest BCUT2D eigenvalue weighted by Gasteiger charge is -2.21. The average Bonchev–Trinajstić information content (AvgIpc) is 0.958. The molecule has 9 aromatic heterocycles. The maximum absolute atomic E-state index is 14.2. The number of carbonyl (C=O) groups is 8. The van der Waals surface area contributed by atoms with Crippen molar-refractivity contribution in [3.05, 3.63) is 330 Å². The Hall–Kier alpha value is -16.8. The van der Waals surface area contributed by atoms with E-state index in [1.165, 1.54) is 6.08 Å². The summed E-state index contributed by atoms with van der Waals surface area (Å²) in [5.41, 5.74) is 8.74. The number of para-hydroxylation sites is 3. The first kappa shape index (κ1) is 88.1. The predicted octanol–water partition coefficient (Wildman–Crippen LogP) is 10.9. The van der Waals surface area contributed by atoms with Gasteiger partial charge in [-0.05, 0) is 161 Å². The number of hydrogen-bond acceptors (Lipinski definition) is 18. The third-order valence-electron chi connectivity index (χ3n) is 22.1. The van der Waals surface area contributed by atoms with Crippen molar-refractivity contribution in [3.63, 3.8) is 0 Å². The molecule has 15 aromatic rings. The van der Waals surface area contributed by atoms with Crippen LogP contribution in [0.15, 0.2) is 246 Å². The number of ether oxygens (including phenoxy) is 1. The molecule has 2 aliphatic rings. The van der Waals surface area contributed by atoms with E-state index in [-0.39, 0.29) is 95.7 Å². The molecule has 1 aliphatic heterocycles. The van der Waals surface area contributed by atoms with Crippen molar-refractivity contribution in [2.45, 2.75) is 111 Å². The van der Waals surface area contributed by atoms with Crippen LogP contribution in [-0.2, 0) is 28.7 Å². The second-order valence-corrected chi connectivity index (χ2v) is 31.0. The number of pyridine rings is 3. The van der Waals surface area contributed by atoms with Crippen molar-refractivity contribution in [3.8, 4) is 52.6 Å². The molecule has 5 atom stereocenters. The van der Waals surface area contributed by atoms with E-state index in [0.717, 1.165) is 0 Å². The van der Waals surface area contributed by atoms with Crippen molar-refractivity contribution in [2.24, 2.45) is 5.92 Å². The van der Waals surface area contributed by atoms with Gasteiger partial charge in [-0.2, -0.15) is 15.3 Å². The molecule has 30 nitrogen and oxygen atoms in total. The van der Waals surface area contributed by atoms with Crippen LogP contribution in [-0.4, -0.2) is 130 Å². The zero-order valence-electron chi connectivity index (χ0n) is 71.8. The van der Waals surface area contributed by atoms with E-state index in [2.05, 4.69) is 104 Å². The van der Waals surface area contributed by atoms with E-state index in [0.29, 0.717) is 173 Å². The standard InChI is InChI=1S/C34H30N6O5.C34H30N6O4.C32H28N6O3/c1-21(37-33(43)29-22(2)38-39-19-9-18-35-31(29)39)26-20-24-12-8-11-23(30(24)34(44)40(26)25-13-4-3-5-14-25)10-6-7-17-36-32(42)27-15-16-28(41)45-27;1-21(37-33(43)29-22(2)38-39-18-8-17-35-31(29)39)28-20-24-10-6-9-23(11-7-16-36-32(42)25-14-15-27(41)19-25)30(24)34(44)40(28)26-12-4-3-5-13-26;1-4-27(39)33-17-9-8-12-23-13-10-14-24-20-26(38(32(41)29(23)24)25-15-6-5-7-16-25)21(2)35-31(40)28-22(3)36-37-19-11-18-34-30(28)37/h3-5,8-9,11-14,18-21,27H,7,15-17H2,1-2H3,(H,36,42)(H,37,43);3-6,8-10,12-13,17-18,20-21,25H,14-16,19H2,1-2H3,(H,36,42)(H,37,43);4-7,10-11,13-16,18-21H,1,9,17H2,2-3H3,(H,33,39)(H,35,40)/t21-,27+;21-,25?;21-/m000/s1. The summed E-state index contributed by atoms with van der Waals surface area (Å²) in [5, 5.41) is 34.0. The number of carbonyl (C=O) groups excluding carboxylic acids is 8. The van der Waals surface area contributed by atoms with E-state index in [9.17, 15) is 52.7 Å². The minimum Gasteiger partial charge on any atom is -0.452 e. The van der Waals surface area contributed by atoms with Gasteiger partial charge < -0.3 is 36.6 Å². The zero-order valence-corrected chi connectivity index (χ0v) is 71.8. The number of nitrogens with one attached hydrogen (secondary N) is 6. The molecule has 1 saturated carbocycles. The topological polar surface area (TPSA) is 375 Å². The molecule has 6 amide bonds. The molecular weight excluding hydrogens is 1650 g/mol. The Bertz CT molecular complexity index is 7420. The number of benzene rings is 6. The molecule has 17 rings (SSSR count). The summed E-state index contributed by atoms with van der Waals surface area (Å²) in [6, 6.07) is 53.4. The number of aryl methyl sites for hydroxylation is 3. The minimum absolute atomic E-state index is 0.103. The molecule has 1 unspecified atom stereocenters. The van der Waals surface area contributed by atoms with Crippen molar-refractivity contribution < 1.29 is 43.1 Å². The summed E-state index contributed by atoms with van der Waals surface area (Å²) in [6.07, 6.45) is 13.2. The van der Waals surface area contributed by atoms with Gasteiger partial charge in [0.15, 0.2) is 23.0 Å². The average molecular weight is 1730 g/mol. The van der Waals surface area contributed by atoms with Gasteiger partial charge in [-0.25, -0.2) is 28.5 Å². The van der Waals surface area contributed by atoms with Crippen LogP contribution in [0.4, 0.5) is 0 Å². The third kappa shape index (κ3) is 19.2. The molecular formula is C100H88N18O12. The SMILES string of the molecule is C=CC(=O)NCCC#Cc1cccc2cc([C@H](C)NC(=O)c3c(C)nn4cccnc34)n(-c3ccccc3)c(=O)c12.Cc1nn2cccnc2c1C(=O)N[C@@H](C)c1cc2cccc(C#CCCNC(=O)[C@H]3CCC(=O)O3)c2c(=O)n1-c1ccccc1.Cc1nn2cccnc2c1C(=O)N[C@@H](C)c1cc2cccc(C#CCNC(=O)C3CCC(=O)C3)c2c(=O)n1-c1ccccc1. The number of ketones is 1. The van der Waals surface area contributed by atoms with Crippen LogP contribution in [0.5, 0.6) is 0 Å². The maximum atomic E-state index is 14.2. The number of cyclic esters (lactones) is 1. The first-order valence-electron chi connectivity index (χ1n) is 42.2. The number of hydrogen-bond donors (Lipinski definition) is 6. The highest BCUT2D eigenvalue weighted by atomic mass is 16.6. The van der Waals surface area contributed by atoms with Crippen LogP contribution in [0.3, 0.4) is 0 Å². The molecule has 1 aliphatic carbocycles. The summed E-state index contributed by atoms with van der Waals surface area (Å²) in [7, 11) is 0. The van der Waals surface area contributed by atoms with Gasteiger partial charge in [0.1, 0.15) is 22.5 Å². The molecule has 30 heteroatoms. The zero-order chi connectivity index (χ0) is 91.2. The molecule has 0 spiro atoms. The molecule has 6 aromatic carbocycles. The Kier molecular flexibility index (Phi) is 26.8. The number of fused-ring (bicyclic) bond motifs is 6. The summed E-state index contributed by atoms with van der Waals surface area (Å²) >= 11 is 0. The summed E-state index contributed by atoms with van der Waals surface area (Å²) in [4.78, 5) is 155. The molecule has 2 fully saturated rings. The second-order valence-electron chi connectivity index (χ2n) is 31.0. The lowest BCUT2D eigenvalue weighted by Crippen LogP contribution is -2.34. The van der Waals surface area contributed by atoms with Gasteiger partial charge in [-0.1, -0.05) is 133 Å². The van der Waals surface area contributed by atoms with Crippen molar-refractivity contribution in [1.29, 1.82) is 0 Å². The smallest absolute Gasteiger partial charge is 0.306 e. The van der Waals surface area contributed by atoms with Gasteiger partial charge in [0.25, 0.3) is 40.3 Å². The molecule has 130 heavy (non-hydrogen) atoms. The summed E-state index contributed by atoms with van der Waals surface area (Å²) in [6.45, 7) is 15.0. The fourth-order valence-electron chi connectivity index (χ4n) is 15.9. The molecule has 6 N–H and O–H groups in total. The van der Waals surface area contributed by atoms with Crippen LogP contribution in [0.25, 0.3) is 66.3 Å². The van der Waals surface area contributed by atoms with Gasteiger partial charge in [0.05, 0.1) is 57.9 Å². The van der Waals surface area contributed by atoms with Gasteiger partial charge in [0.2, 0.25) is 11.8 Å². The van der Waals surface area contributed by atoms with Gasteiger partial charge in [0, 0.05) is 146 Å². The monoisotopic (exact) mass is 1730 g/mol. The first-order valence-corrected chi connectivity index (χ1v) is 42.2. The Morgan fingerprint density at radius 3 is 1.18 bits per heavy atom. The summed E-state index contributed by atoms with van der Waals surface area (Å²) in [5.74, 6) is 15.9. The Morgan fingerprint density at radius 1 is 0.454 bits per heavy atom. The molecule has 0 bridgehead atoms.